The average molecular weight is 527 g/mol. The number of piperidine rings is 1. The minimum atomic E-state index is -0.308. The predicted molar refractivity (Wildman–Crippen MR) is 143 cm³/mol. The zero-order valence-electron chi connectivity index (χ0n) is 19.8. The maximum absolute atomic E-state index is 13.3. The Morgan fingerprint density at radius 3 is 2.61 bits per heavy atom. The van der Waals surface area contributed by atoms with Crippen LogP contribution in [0.4, 0.5) is 10.1 Å². The van der Waals surface area contributed by atoms with Gasteiger partial charge in [0.05, 0.1) is 18.5 Å². The summed E-state index contributed by atoms with van der Waals surface area (Å²) in [6.45, 7) is 2.00. The first-order valence-corrected chi connectivity index (χ1v) is 12.9. The molecule has 1 amide bonds. The molecule has 0 atom stereocenters. The van der Waals surface area contributed by atoms with E-state index in [-0.39, 0.29) is 30.0 Å². The number of likely N-dealkylation sites (tertiary alicyclic amines) is 1. The topological polar surface area (TPSA) is 83.6 Å². The number of rotatable bonds is 7. The first kappa shape index (κ1) is 25.7. The SMILES string of the molecule is COC(=O)CCNC(=S)N1CCC(c2nc(C(=O)Nc3ccccc3-c3ccc(F)cc3)cs2)CC1. The molecule has 0 spiro atoms. The van der Waals surface area contributed by atoms with Crippen LogP contribution in [0.1, 0.15) is 40.7 Å². The largest absolute Gasteiger partial charge is 0.469 e. The molecular formula is C26H27FN4O3S2. The number of amides is 1. The van der Waals surface area contributed by atoms with E-state index in [1.165, 1.54) is 30.6 Å². The Hall–Kier alpha value is -3.37. The third kappa shape index (κ3) is 6.44. The van der Waals surface area contributed by atoms with Gasteiger partial charge in [0.15, 0.2) is 5.11 Å². The number of thiocarbonyl (C=S) groups is 1. The Labute approximate surface area is 218 Å². The quantitative estimate of drug-likeness (QED) is 0.337. The molecule has 2 heterocycles. The highest BCUT2D eigenvalue weighted by Gasteiger charge is 2.25. The van der Waals surface area contributed by atoms with E-state index in [9.17, 15) is 14.0 Å². The molecule has 4 rings (SSSR count). The fourth-order valence-electron chi connectivity index (χ4n) is 4.05. The van der Waals surface area contributed by atoms with Gasteiger partial charge < -0.3 is 20.3 Å². The molecule has 0 bridgehead atoms. The Kier molecular flexibility index (Phi) is 8.61. The summed E-state index contributed by atoms with van der Waals surface area (Å²) < 4.78 is 18.0. The number of anilines is 1. The van der Waals surface area contributed by atoms with Crippen LogP contribution in [0.15, 0.2) is 53.9 Å². The Bertz CT molecular complexity index is 1220. The number of nitrogens with zero attached hydrogens (tertiary/aromatic N) is 2. The van der Waals surface area contributed by atoms with E-state index in [1.807, 2.05) is 24.3 Å². The molecule has 0 radical (unpaired) electrons. The van der Waals surface area contributed by atoms with Gasteiger partial charge in [0.1, 0.15) is 11.5 Å². The fraction of sp³-hybridized carbons (Fsp3) is 0.308. The summed E-state index contributed by atoms with van der Waals surface area (Å²) >= 11 is 6.94. The monoisotopic (exact) mass is 526 g/mol. The molecule has 36 heavy (non-hydrogen) atoms. The lowest BCUT2D eigenvalue weighted by molar-refractivity contribution is -0.140. The van der Waals surface area contributed by atoms with Crippen LogP contribution in [0.25, 0.3) is 11.1 Å². The van der Waals surface area contributed by atoms with Crippen molar-refractivity contribution in [2.45, 2.75) is 25.2 Å². The summed E-state index contributed by atoms with van der Waals surface area (Å²) in [6, 6.07) is 13.6. The third-order valence-corrected chi connectivity index (χ3v) is 7.46. The molecule has 0 aliphatic carbocycles. The van der Waals surface area contributed by atoms with E-state index in [0.29, 0.717) is 23.0 Å². The number of esters is 1. The van der Waals surface area contributed by atoms with Crippen molar-refractivity contribution in [3.8, 4) is 11.1 Å². The zero-order valence-corrected chi connectivity index (χ0v) is 21.5. The number of halogens is 1. The smallest absolute Gasteiger partial charge is 0.307 e. The Morgan fingerprint density at radius 2 is 1.89 bits per heavy atom. The van der Waals surface area contributed by atoms with E-state index < -0.39 is 0 Å². The van der Waals surface area contributed by atoms with Crippen LogP contribution in [0.5, 0.6) is 0 Å². The van der Waals surface area contributed by atoms with Crippen molar-refractivity contribution in [1.82, 2.24) is 15.2 Å². The fourth-order valence-corrected chi connectivity index (χ4v) is 5.31. The molecule has 1 aliphatic rings. The van der Waals surface area contributed by atoms with Crippen molar-refractivity contribution in [1.29, 1.82) is 0 Å². The predicted octanol–water partition coefficient (Wildman–Crippen LogP) is 4.82. The minimum absolute atomic E-state index is 0.261. The van der Waals surface area contributed by atoms with Crippen molar-refractivity contribution in [3.63, 3.8) is 0 Å². The van der Waals surface area contributed by atoms with Gasteiger partial charge in [0.25, 0.3) is 5.91 Å². The van der Waals surface area contributed by atoms with Gasteiger partial charge in [-0.2, -0.15) is 0 Å². The van der Waals surface area contributed by atoms with Gasteiger partial charge >= 0.3 is 5.97 Å². The van der Waals surface area contributed by atoms with Gasteiger partial charge in [0, 0.05) is 42.2 Å². The van der Waals surface area contributed by atoms with Crippen molar-refractivity contribution in [3.05, 3.63) is 70.4 Å². The number of hydrogen-bond acceptors (Lipinski definition) is 6. The van der Waals surface area contributed by atoms with Gasteiger partial charge in [-0.3, -0.25) is 9.59 Å². The number of para-hydroxylation sites is 1. The molecule has 2 N–H and O–H groups in total. The zero-order chi connectivity index (χ0) is 25.5. The summed E-state index contributed by atoms with van der Waals surface area (Å²) in [7, 11) is 1.37. The summed E-state index contributed by atoms with van der Waals surface area (Å²) in [4.78, 5) is 30.9. The number of hydrogen-bond donors (Lipinski definition) is 2. The Morgan fingerprint density at radius 1 is 1.17 bits per heavy atom. The molecule has 10 heteroatoms. The van der Waals surface area contributed by atoms with Crippen LogP contribution in [-0.4, -0.2) is 53.6 Å². The minimum Gasteiger partial charge on any atom is -0.469 e. The van der Waals surface area contributed by atoms with E-state index in [0.717, 1.165) is 42.1 Å². The second-order valence-electron chi connectivity index (χ2n) is 8.40. The van der Waals surface area contributed by atoms with Crippen LogP contribution in [0.2, 0.25) is 0 Å². The highest BCUT2D eigenvalue weighted by Crippen LogP contribution is 2.32. The second-order valence-corrected chi connectivity index (χ2v) is 9.67. The van der Waals surface area contributed by atoms with Gasteiger partial charge in [0.2, 0.25) is 0 Å². The summed E-state index contributed by atoms with van der Waals surface area (Å²) in [5, 5.41) is 9.42. The van der Waals surface area contributed by atoms with Crippen molar-refractivity contribution >= 4 is 46.2 Å². The third-order valence-electron chi connectivity index (χ3n) is 6.05. The summed E-state index contributed by atoms with van der Waals surface area (Å²) in [5.74, 6) is -0.595. The maximum atomic E-state index is 13.3. The van der Waals surface area contributed by atoms with E-state index in [2.05, 4.69) is 25.3 Å². The molecule has 1 fully saturated rings. The molecule has 7 nitrogen and oxygen atoms in total. The summed E-state index contributed by atoms with van der Waals surface area (Å²) in [6.07, 6.45) is 2.02. The van der Waals surface area contributed by atoms with Crippen molar-refractivity contribution < 1.29 is 18.7 Å². The number of methoxy groups -OCH3 is 1. The number of benzene rings is 2. The van der Waals surface area contributed by atoms with E-state index in [4.69, 9.17) is 12.2 Å². The lowest BCUT2D eigenvalue weighted by Crippen LogP contribution is -2.44. The molecule has 188 valence electrons. The van der Waals surface area contributed by atoms with Crippen LogP contribution in [0, 0.1) is 5.82 Å². The normalized spacial score (nSPS) is 13.8. The molecule has 1 saturated heterocycles. The van der Waals surface area contributed by atoms with Crippen LogP contribution < -0.4 is 10.6 Å². The Balaban J connectivity index is 1.33. The maximum Gasteiger partial charge on any atom is 0.307 e. The molecule has 0 saturated carbocycles. The van der Waals surface area contributed by atoms with Crippen LogP contribution >= 0.6 is 23.6 Å². The average Bonchev–Trinajstić information content (AvgIpc) is 3.40. The molecular weight excluding hydrogens is 499 g/mol. The molecule has 0 unspecified atom stereocenters. The number of ether oxygens (including phenoxy) is 1. The standard InChI is InChI=1S/C26H27FN4O3S2/c1-34-23(32)10-13-28-26(35)31-14-11-18(12-15-31)25-30-22(16-36-25)24(33)29-21-5-3-2-4-20(21)17-6-8-19(27)9-7-17/h2-9,16,18H,10-15H2,1H3,(H,28,35)(H,29,33). The number of thiazole rings is 1. The van der Waals surface area contributed by atoms with Gasteiger partial charge in [-0.25, -0.2) is 9.37 Å². The lowest BCUT2D eigenvalue weighted by atomic mass is 9.98. The molecule has 1 aliphatic heterocycles. The number of nitrogens with one attached hydrogen (secondary N) is 2. The molecule has 1 aromatic heterocycles. The van der Waals surface area contributed by atoms with Crippen molar-refractivity contribution in [2.24, 2.45) is 0 Å². The van der Waals surface area contributed by atoms with E-state index in [1.54, 1.807) is 17.5 Å². The van der Waals surface area contributed by atoms with Gasteiger partial charge in [-0.1, -0.05) is 30.3 Å². The lowest BCUT2D eigenvalue weighted by Gasteiger charge is -2.33. The first-order valence-electron chi connectivity index (χ1n) is 11.7. The highest BCUT2D eigenvalue weighted by molar-refractivity contribution is 7.80. The second kappa shape index (κ2) is 12.0. The molecule has 2 aromatic carbocycles. The first-order chi connectivity index (χ1) is 17.4. The van der Waals surface area contributed by atoms with E-state index >= 15 is 0 Å². The van der Waals surface area contributed by atoms with Crippen LogP contribution in [-0.2, 0) is 9.53 Å². The number of aromatic nitrogens is 1. The number of carbonyl (C=O) groups is 2. The van der Waals surface area contributed by atoms with Gasteiger partial charge in [-0.05, 0) is 48.8 Å². The molecule has 3 aromatic rings. The summed E-state index contributed by atoms with van der Waals surface area (Å²) in [5.41, 5.74) is 2.65. The van der Waals surface area contributed by atoms with Crippen LogP contribution in [0.3, 0.4) is 0 Å². The van der Waals surface area contributed by atoms with Gasteiger partial charge in [-0.15, -0.1) is 11.3 Å². The highest BCUT2D eigenvalue weighted by atomic mass is 32.1. The number of carbonyl (C=O) groups excluding carboxylic acids is 2. The van der Waals surface area contributed by atoms with Crippen molar-refractivity contribution in [2.75, 3.05) is 32.1 Å².